The number of amides is 2. The van der Waals surface area contributed by atoms with Crippen molar-refractivity contribution in [2.24, 2.45) is 0 Å². The molecule has 1 unspecified atom stereocenters. The van der Waals surface area contributed by atoms with Crippen molar-refractivity contribution < 1.29 is 23.6 Å². The lowest BCUT2D eigenvalue weighted by Gasteiger charge is -2.47. The van der Waals surface area contributed by atoms with Crippen LogP contribution in [0, 0.1) is 0 Å². The van der Waals surface area contributed by atoms with Gasteiger partial charge in [0.15, 0.2) is 0 Å². The summed E-state index contributed by atoms with van der Waals surface area (Å²) in [5, 5.41) is 3.76. The fraction of sp³-hybridized carbons (Fsp3) is 0.476. The molecule has 2 amide bonds. The van der Waals surface area contributed by atoms with Crippen molar-refractivity contribution in [3.63, 3.8) is 0 Å². The number of para-hydroxylation sites is 1. The lowest BCUT2D eigenvalue weighted by molar-refractivity contribution is -0.153. The van der Waals surface area contributed by atoms with Crippen LogP contribution in [0.5, 0.6) is 5.88 Å². The minimum absolute atomic E-state index is 0.0365. The summed E-state index contributed by atoms with van der Waals surface area (Å²) in [4.78, 5) is 28.8. The van der Waals surface area contributed by atoms with E-state index < -0.39 is 5.60 Å². The highest BCUT2D eigenvalue weighted by Crippen LogP contribution is 2.32. The van der Waals surface area contributed by atoms with Crippen LogP contribution in [-0.2, 0) is 20.7 Å². The lowest BCUT2D eigenvalue weighted by Crippen LogP contribution is -2.62. The minimum Gasteiger partial charge on any atom is -0.479 e. The quantitative estimate of drug-likeness (QED) is 0.765. The van der Waals surface area contributed by atoms with Gasteiger partial charge in [-0.15, -0.1) is 0 Å². The lowest BCUT2D eigenvalue weighted by atomic mass is 9.90. The number of hydrogen-bond acceptors (Lipinski definition) is 6. The Morgan fingerprint density at radius 2 is 2.10 bits per heavy atom. The maximum atomic E-state index is 12.8. The molecule has 4 rings (SSSR count). The summed E-state index contributed by atoms with van der Waals surface area (Å²) in [5.74, 6) is 1.03. The van der Waals surface area contributed by atoms with Gasteiger partial charge in [0.25, 0.3) is 11.8 Å². The summed E-state index contributed by atoms with van der Waals surface area (Å²) in [6, 6.07) is 11.3. The summed E-state index contributed by atoms with van der Waals surface area (Å²) in [6.07, 6.45) is 2.47. The number of likely N-dealkylation sites (tertiary alicyclic amines) is 1. The Labute approximate surface area is 169 Å². The van der Waals surface area contributed by atoms with Crippen LogP contribution < -0.4 is 9.64 Å². The zero-order chi connectivity index (χ0) is 20.3. The Hall–Kier alpha value is -2.87. The molecule has 0 saturated carbocycles. The van der Waals surface area contributed by atoms with Crippen molar-refractivity contribution in [3.8, 4) is 5.88 Å². The van der Waals surface area contributed by atoms with Gasteiger partial charge >= 0.3 is 0 Å². The normalized spacial score (nSPS) is 22.2. The third-order valence-electron chi connectivity index (χ3n) is 5.54. The number of carbonyl (C=O) groups is 2. The molecular weight excluding hydrogens is 374 g/mol. The fourth-order valence-corrected chi connectivity index (χ4v) is 4.01. The summed E-state index contributed by atoms with van der Waals surface area (Å²) in [5.41, 5.74) is 0.343. The van der Waals surface area contributed by atoms with Crippen LogP contribution in [0.2, 0.25) is 0 Å². The highest BCUT2D eigenvalue weighted by molar-refractivity contribution is 5.95. The van der Waals surface area contributed by atoms with Crippen LogP contribution in [0.3, 0.4) is 0 Å². The highest BCUT2D eigenvalue weighted by Gasteiger charge is 2.44. The van der Waals surface area contributed by atoms with Gasteiger partial charge in [0.2, 0.25) is 5.91 Å². The van der Waals surface area contributed by atoms with Crippen LogP contribution in [0.4, 0.5) is 5.69 Å². The van der Waals surface area contributed by atoms with Gasteiger partial charge in [-0.1, -0.05) is 18.2 Å². The molecule has 0 N–H and O–H groups in total. The number of aromatic nitrogens is 1. The first-order valence-corrected chi connectivity index (χ1v) is 9.85. The van der Waals surface area contributed by atoms with Gasteiger partial charge in [0.1, 0.15) is 18.0 Å². The standard InChI is InChI=1S/C21H25N3O5/c1-27-18-12-17(29-22-18)8-9-19(25)23-11-5-10-21(14-23)15-24(20(26)13-28-21)16-6-3-2-4-7-16/h2-4,6-7,12H,5,8-11,13-15H2,1H3. The first-order valence-electron chi connectivity index (χ1n) is 9.85. The van der Waals surface area contributed by atoms with E-state index in [2.05, 4.69) is 5.16 Å². The summed E-state index contributed by atoms with van der Waals surface area (Å²) in [6.45, 7) is 1.68. The van der Waals surface area contributed by atoms with Crippen molar-refractivity contribution in [2.75, 3.05) is 38.3 Å². The Morgan fingerprint density at radius 3 is 2.86 bits per heavy atom. The highest BCUT2D eigenvalue weighted by atomic mass is 16.5. The van der Waals surface area contributed by atoms with E-state index in [0.29, 0.717) is 44.1 Å². The molecule has 8 heteroatoms. The van der Waals surface area contributed by atoms with Crippen LogP contribution in [0.1, 0.15) is 25.0 Å². The molecule has 0 aliphatic carbocycles. The Balaban J connectivity index is 1.40. The SMILES string of the molecule is COc1cc(CCC(=O)N2CCCC3(C2)CN(c2ccccc2)C(=O)CO3)on1. The average Bonchev–Trinajstić information content (AvgIpc) is 3.23. The Bertz CT molecular complexity index is 868. The third kappa shape index (κ3) is 4.27. The second-order valence-electron chi connectivity index (χ2n) is 7.54. The zero-order valence-electron chi connectivity index (χ0n) is 16.5. The van der Waals surface area contributed by atoms with Gasteiger partial charge in [-0.05, 0) is 30.1 Å². The molecule has 154 valence electrons. The smallest absolute Gasteiger partial charge is 0.254 e. The molecule has 0 bridgehead atoms. The molecule has 29 heavy (non-hydrogen) atoms. The van der Waals surface area contributed by atoms with E-state index in [1.165, 1.54) is 7.11 Å². The number of carbonyl (C=O) groups excluding carboxylic acids is 2. The molecule has 1 aromatic heterocycles. The molecule has 2 fully saturated rings. The largest absolute Gasteiger partial charge is 0.479 e. The van der Waals surface area contributed by atoms with Gasteiger partial charge < -0.3 is 23.8 Å². The molecular formula is C21H25N3O5. The van der Waals surface area contributed by atoms with Gasteiger partial charge in [0.05, 0.1) is 20.2 Å². The van der Waals surface area contributed by atoms with Crippen molar-refractivity contribution in [2.45, 2.75) is 31.3 Å². The van der Waals surface area contributed by atoms with Gasteiger partial charge in [-0.2, -0.15) is 0 Å². The maximum Gasteiger partial charge on any atom is 0.254 e. The monoisotopic (exact) mass is 399 g/mol. The zero-order valence-corrected chi connectivity index (χ0v) is 16.5. The molecule has 1 aromatic carbocycles. The molecule has 2 saturated heterocycles. The van der Waals surface area contributed by atoms with Crippen molar-refractivity contribution in [1.29, 1.82) is 0 Å². The van der Waals surface area contributed by atoms with E-state index in [1.807, 2.05) is 35.2 Å². The van der Waals surface area contributed by atoms with E-state index in [0.717, 1.165) is 18.5 Å². The molecule has 2 aliphatic rings. The maximum absolute atomic E-state index is 12.8. The number of hydrogen-bond donors (Lipinski definition) is 0. The molecule has 1 spiro atoms. The fourth-order valence-electron chi connectivity index (χ4n) is 4.01. The van der Waals surface area contributed by atoms with E-state index in [-0.39, 0.29) is 18.4 Å². The van der Waals surface area contributed by atoms with Gasteiger partial charge in [0, 0.05) is 31.1 Å². The van der Waals surface area contributed by atoms with Crippen molar-refractivity contribution in [3.05, 3.63) is 42.2 Å². The number of aryl methyl sites for hydroxylation is 1. The summed E-state index contributed by atoms with van der Waals surface area (Å²) < 4.78 is 16.2. The van der Waals surface area contributed by atoms with Crippen LogP contribution in [-0.4, -0.2) is 60.8 Å². The second kappa shape index (κ2) is 8.24. The second-order valence-corrected chi connectivity index (χ2v) is 7.54. The van der Waals surface area contributed by atoms with E-state index in [9.17, 15) is 9.59 Å². The number of rotatable bonds is 5. The van der Waals surface area contributed by atoms with Crippen molar-refractivity contribution >= 4 is 17.5 Å². The van der Waals surface area contributed by atoms with Crippen LogP contribution in [0.25, 0.3) is 0 Å². The number of methoxy groups -OCH3 is 1. The van der Waals surface area contributed by atoms with Crippen molar-refractivity contribution in [1.82, 2.24) is 10.1 Å². The summed E-state index contributed by atoms with van der Waals surface area (Å²) >= 11 is 0. The van der Waals surface area contributed by atoms with E-state index in [4.69, 9.17) is 14.0 Å². The number of anilines is 1. The molecule has 8 nitrogen and oxygen atoms in total. The molecule has 2 aromatic rings. The Morgan fingerprint density at radius 1 is 1.28 bits per heavy atom. The topological polar surface area (TPSA) is 85.1 Å². The number of morpholine rings is 1. The summed E-state index contributed by atoms with van der Waals surface area (Å²) in [7, 11) is 1.52. The number of ether oxygens (including phenoxy) is 2. The predicted molar refractivity (Wildman–Crippen MR) is 105 cm³/mol. The molecule has 2 aliphatic heterocycles. The average molecular weight is 399 g/mol. The van der Waals surface area contributed by atoms with E-state index in [1.54, 1.807) is 11.0 Å². The van der Waals surface area contributed by atoms with Gasteiger partial charge in [-0.3, -0.25) is 9.59 Å². The molecule has 1 atom stereocenters. The minimum atomic E-state index is -0.521. The predicted octanol–water partition coefficient (Wildman–Crippen LogP) is 2.04. The van der Waals surface area contributed by atoms with E-state index >= 15 is 0 Å². The molecule has 3 heterocycles. The van der Waals surface area contributed by atoms with Crippen LogP contribution in [0.15, 0.2) is 40.9 Å². The van der Waals surface area contributed by atoms with Gasteiger partial charge in [-0.25, -0.2) is 0 Å². The number of piperidine rings is 1. The first-order chi connectivity index (χ1) is 14.1. The Kier molecular flexibility index (Phi) is 5.53. The third-order valence-corrected chi connectivity index (χ3v) is 5.54. The first kappa shape index (κ1) is 19.4. The number of benzene rings is 1. The van der Waals surface area contributed by atoms with Crippen LogP contribution >= 0.6 is 0 Å². The number of nitrogens with zero attached hydrogens (tertiary/aromatic N) is 3. The molecule has 0 radical (unpaired) electrons.